The molecule has 0 spiro atoms. The van der Waals surface area contributed by atoms with Crippen molar-refractivity contribution in [3.8, 4) is 11.5 Å². The summed E-state index contributed by atoms with van der Waals surface area (Å²) in [5.41, 5.74) is 1.89. The van der Waals surface area contributed by atoms with E-state index in [0.29, 0.717) is 37.0 Å². The van der Waals surface area contributed by atoms with Crippen LogP contribution < -0.4 is 9.47 Å². The van der Waals surface area contributed by atoms with E-state index in [-0.39, 0.29) is 0 Å². The Labute approximate surface area is 129 Å². The fourth-order valence-corrected chi connectivity index (χ4v) is 2.50. The number of rotatable bonds is 8. The van der Waals surface area contributed by atoms with Crippen LogP contribution >= 0.6 is 11.6 Å². The molecule has 1 aromatic carbocycles. The summed E-state index contributed by atoms with van der Waals surface area (Å²) < 4.78 is 18.3. The van der Waals surface area contributed by atoms with Crippen molar-refractivity contribution in [2.45, 2.75) is 19.9 Å². The van der Waals surface area contributed by atoms with Crippen molar-refractivity contribution in [3.05, 3.63) is 18.0 Å². The SMILES string of the molecule is CCOCCn1c(CCCl)nc2cc(OC)c(OC)cc21. The number of methoxy groups -OCH3 is 2. The van der Waals surface area contributed by atoms with Crippen LogP contribution in [0.2, 0.25) is 0 Å². The third kappa shape index (κ3) is 3.41. The van der Waals surface area contributed by atoms with Gasteiger partial charge in [-0.15, -0.1) is 11.6 Å². The van der Waals surface area contributed by atoms with Crippen LogP contribution in [-0.2, 0) is 17.7 Å². The van der Waals surface area contributed by atoms with Gasteiger partial charge in [0.2, 0.25) is 0 Å². The average Bonchev–Trinajstić information content (AvgIpc) is 2.83. The first-order valence-electron chi connectivity index (χ1n) is 7.00. The number of fused-ring (bicyclic) bond motifs is 1. The van der Waals surface area contributed by atoms with E-state index in [4.69, 9.17) is 25.8 Å². The number of hydrogen-bond acceptors (Lipinski definition) is 4. The number of benzene rings is 1. The molecule has 2 aromatic rings. The molecule has 0 atom stereocenters. The van der Waals surface area contributed by atoms with Gasteiger partial charge in [0.25, 0.3) is 0 Å². The smallest absolute Gasteiger partial charge is 0.163 e. The minimum atomic E-state index is 0.534. The number of ether oxygens (including phenoxy) is 3. The fourth-order valence-electron chi connectivity index (χ4n) is 2.33. The van der Waals surface area contributed by atoms with Gasteiger partial charge in [-0.2, -0.15) is 0 Å². The first-order chi connectivity index (χ1) is 10.2. The number of imidazole rings is 1. The van der Waals surface area contributed by atoms with E-state index in [9.17, 15) is 0 Å². The third-order valence-electron chi connectivity index (χ3n) is 3.31. The number of halogens is 1. The van der Waals surface area contributed by atoms with Crippen LogP contribution in [0.1, 0.15) is 12.7 Å². The van der Waals surface area contributed by atoms with Crippen LogP contribution in [-0.4, -0.2) is 42.9 Å². The molecule has 0 aliphatic heterocycles. The second-order valence-electron chi connectivity index (χ2n) is 4.51. The van der Waals surface area contributed by atoms with E-state index < -0.39 is 0 Å². The van der Waals surface area contributed by atoms with Gasteiger partial charge >= 0.3 is 0 Å². The molecule has 0 amide bonds. The molecule has 6 heteroatoms. The molecule has 0 fully saturated rings. The average molecular weight is 313 g/mol. The second kappa shape index (κ2) is 7.52. The Hall–Kier alpha value is -1.46. The van der Waals surface area contributed by atoms with Crippen LogP contribution in [0.25, 0.3) is 11.0 Å². The Morgan fingerprint density at radius 1 is 1.19 bits per heavy atom. The van der Waals surface area contributed by atoms with Gasteiger partial charge < -0.3 is 18.8 Å². The summed E-state index contributed by atoms with van der Waals surface area (Å²) in [7, 11) is 3.25. The zero-order valence-corrected chi connectivity index (χ0v) is 13.4. The lowest BCUT2D eigenvalue weighted by atomic mass is 10.2. The Balaban J connectivity index is 2.47. The number of nitrogens with zero attached hydrogens (tertiary/aromatic N) is 2. The van der Waals surface area contributed by atoms with Crippen molar-refractivity contribution in [2.24, 2.45) is 0 Å². The zero-order chi connectivity index (χ0) is 15.2. The summed E-state index contributed by atoms with van der Waals surface area (Å²) in [4.78, 5) is 4.65. The summed E-state index contributed by atoms with van der Waals surface area (Å²) >= 11 is 5.88. The Kier molecular flexibility index (Phi) is 5.70. The molecular formula is C15H21ClN2O3. The molecule has 0 aliphatic rings. The largest absolute Gasteiger partial charge is 0.493 e. The van der Waals surface area contributed by atoms with Crippen LogP contribution in [0.15, 0.2) is 12.1 Å². The van der Waals surface area contributed by atoms with E-state index >= 15 is 0 Å². The highest BCUT2D eigenvalue weighted by molar-refractivity contribution is 6.17. The molecule has 0 bridgehead atoms. The molecule has 0 radical (unpaired) electrons. The highest BCUT2D eigenvalue weighted by atomic mass is 35.5. The summed E-state index contributed by atoms with van der Waals surface area (Å²) in [5, 5.41) is 0. The minimum absolute atomic E-state index is 0.534. The maximum Gasteiger partial charge on any atom is 0.163 e. The van der Waals surface area contributed by atoms with Crippen molar-refractivity contribution in [1.29, 1.82) is 0 Å². The van der Waals surface area contributed by atoms with E-state index in [1.54, 1.807) is 14.2 Å². The first kappa shape index (κ1) is 15.9. The molecule has 1 heterocycles. The summed E-state index contributed by atoms with van der Waals surface area (Å²) in [6.07, 6.45) is 0.715. The standard InChI is InChI=1S/C15H21ClN2O3/c1-4-21-8-7-18-12-10-14(20-3)13(19-2)9-11(12)17-15(18)5-6-16/h9-10H,4-8H2,1-3H3. The molecule has 0 saturated heterocycles. The molecule has 0 aliphatic carbocycles. The minimum Gasteiger partial charge on any atom is -0.493 e. The number of alkyl halides is 1. The monoisotopic (exact) mass is 312 g/mol. The molecule has 1 aromatic heterocycles. The van der Waals surface area contributed by atoms with Gasteiger partial charge in [-0.05, 0) is 6.92 Å². The summed E-state index contributed by atoms with van der Waals surface area (Å²) in [6, 6.07) is 3.84. The van der Waals surface area contributed by atoms with E-state index in [1.165, 1.54) is 0 Å². The molecule has 0 saturated carbocycles. The molecule has 2 rings (SSSR count). The maximum absolute atomic E-state index is 5.88. The number of aryl methyl sites for hydroxylation is 1. The highest BCUT2D eigenvalue weighted by Crippen LogP contribution is 2.32. The van der Waals surface area contributed by atoms with Crippen LogP contribution in [0, 0.1) is 0 Å². The van der Waals surface area contributed by atoms with Crippen molar-refractivity contribution in [2.75, 3.05) is 33.3 Å². The van der Waals surface area contributed by atoms with Gasteiger partial charge in [0.1, 0.15) is 5.82 Å². The Morgan fingerprint density at radius 2 is 1.90 bits per heavy atom. The lowest BCUT2D eigenvalue weighted by Crippen LogP contribution is -2.10. The summed E-state index contributed by atoms with van der Waals surface area (Å²) in [5.74, 6) is 2.86. The molecular weight excluding hydrogens is 292 g/mol. The zero-order valence-electron chi connectivity index (χ0n) is 12.7. The molecule has 116 valence electrons. The molecule has 0 N–H and O–H groups in total. The van der Waals surface area contributed by atoms with E-state index in [0.717, 1.165) is 23.4 Å². The molecule has 21 heavy (non-hydrogen) atoms. The van der Waals surface area contributed by atoms with Crippen molar-refractivity contribution >= 4 is 22.6 Å². The molecule has 0 unspecified atom stereocenters. The van der Waals surface area contributed by atoms with Crippen LogP contribution in [0.4, 0.5) is 0 Å². The first-order valence-corrected chi connectivity index (χ1v) is 7.53. The predicted molar refractivity (Wildman–Crippen MR) is 83.8 cm³/mol. The van der Waals surface area contributed by atoms with Crippen molar-refractivity contribution < 1.29 is 14.2 Å². The predicted octanol–water partition coefficient (Wildman–Crippen LogP) is 2.87. The Bertz CT molecular complexity index is 598. The van der Waals surface area contributed by atoms with Gasteiger partial charge in [-0.3, -0.25) is 0 Å². The van der Waals surface area contributed by atoms with Crippen LogP contribution in [0.5, 0.6) is 11.5 Å². The quantitative estimate of drug-likeness (QED) is 0.555. The molecule has 5 nitrogen and oxygen atoms in total. The fraction of sp³-hybridized carbons (Fsp3) is 0.533. The van der Waals surface area contributed by atoms with Crippen molar-refractivity contribution in [3.63, 3.8) is 0 Å². The van der Waals surface area contributed by atoms with Gasteiger partial charge in [0, 0.05) is 37.6 Å². The Morgan fingerprint density at radius 3 is 2.52 bits per heavy atom. The van der Waals surface area contributed by atoms with Gasteiger partial charge in [-0.25, -0.2) is 4.98 Å². The van der Waals surface area contributed by atoms with Crippen molar-refractivity contribution in [1.82, 2.24) is 9.55 Å². The lowest BCUT2D eigenvalue weighted by Gasteiger charge is -2.10. The van der Waals surface area contributed by atoms with Crippen LogP contribution in [0.3, 0.4) is 0 Å². The second-order valence-corrected chi connectivity index (χ2v) is 4.89. The van der Waals surface area contributed by atoms with Gasteiger partial charge in [0.15, 0.2) is 11.5 Å². The topological polar surface area (TPSA) is 45.5 Å². The summed E-state index contributed by atoms with van der Waals surface area (Å²) in [6.45, 7) is 4.08. The van der Waals surface area contributed by atoms with Gasteiger partial charge in [0.05, 0.1) is 31.9 Å². The van der Waals surface area contributed by atoms with E-state index in [1.807, 2.05) is 19.1 Å². The number of aromatic nitrogens is 2. The highest BCUT2D eigenvalue weighted by Gasteiger charge is 2.14. The van der Waals surface area contributed by atoms with Gasteiger partial charge in [-0.1, -0.05) is 0 Å². The van der Waals surface area contributed by atoms with E-state index in [2.05, 4.69) is 9.55 Å². The third-order valence-corrected chi connectivity index (χ3v) is 3.50. The normalized spacial score (nSPS) is 11.0. The number of hydrogen-bond donors (Lipinski definition) is 0. The lowest BCUT2D eigenvalue weighted by molar-refractivity contribution is 0.139. The maximum atomic E-state index is 5.88.